The van der Waals surface area contributed by atoms with Gasteiger partial charge in [0.2, 0.25) is 0 Å². The zero-order chi connectivity index (χ0) is 13.9. The summed E-state index contributed by atoms with van der Waals surface area (Å²) in [6, 6.07) is 7.14. The Morgan fingerprint density at radius 1 is 1.22 bits per heavy atom. The third-order valence-corrected chi connectivity index (χ3v) is 3.08. The van der Waals surface area contributed by atoms with Crippen LogP contribution < -0.4 is 4.74 Å². The Hall–Kier alpha value is -1.35. The molecule has 0 amide bonds. The van der Waals surface area contributed by atoms with Crippen molar-refractivity contribution in [1.82, 2.24) is 0 Å². The zero-order valence-electron chi connectivity index (χ0n) is 11.7. The molecule has 0 fully saturated rings. The third kappa shape index (κ3) is 3.33. The van der Waals surface area contributed by atoms with Gasteiger partial charge < -0.3 is 9.84 Å². The van der Waals surface area contributed by atoms with Crippen molar-refractivity contribution in [1.29, 1.82) is 0 Å². The van der Waals surface area contributed by atoms with E-state index in [9.17, 15) is 9.90 Å². The number of rotatable bonds is 4. The zero-order valence-corrected chi connectivity index (χ0v) is 11.7. The van der Waals surface area contributed by atoms with Crippen LogP contribution in [0.5, 0.6) is 5.75 Å². The lowest BCUT2D eigenvalue weighted by molar-refractivity contribution is -0.133. The molecule has 3 heteroatoms. The topological polar surface area (TPSA) is 46.5 Å². The Morgan fingerprint density at radius 3 is 2.11 bits per heavy atom. The van der Waals surface area contributed by atoms with Gasteiger partial charge in [0.15, 0.2) is 0 Å². The molecule has 2 atom stereocenters. The first-order valence-electron chi connectivity index (χ1n) is 6.13. The van der Waals surface area contributed by atoms with Crippen molar-refractivity contribution < 1.29 is 14.6 Å². The maximum absolute atomic E-state index is 12.1. The van der Waals surface area contributed by atoms with Crippen molar-refractivity contribution in [2.75, 3.05) is 7.11 Å². The fourth-order valence-electron chi connectivity index (χ4n) is 1.92. The fraction of sp³-hybridized carbons (Fsp3) is 0.533. The third-order valence-electron chi connectivity index (χ3n) is 3.08. The van der Waals surface area contributed by atoms with E-state index in [1.54, 1.807) is 38.3 Å². The Morgan fingerprint density at radius 2 is 1.72 bits per heavy atom. The second-order valence-electron chi connectivity index (χ2n) is 5.62. The van der Waals surface area contributed by atoms with Gasteiger partial charge in [-0.2, -0.15) is 0 Å². The Labute approximate surface area is 109 Å². The van der Waals surface area contributed by atoms with Crippen molar-refractivity contribution in [2.45, 2.75) is 33.8 Å². The molecule has 0 aliphatic carbocycles. The van der Waals surface area contributed by atoms with Gasteiger partial charge in [-0.25, -0.2) is 0 Å². The number of aliphatic hydroxyl groups excluding tert-OH is 1. The van der Waals surface area contributed by atoms with Gasteiger partial charge in [0.1, 0.15) is 11.5 Å². The maximum atomic E-state index is 12.1. The van der Waals surface area contributed by atoms with Crippen molar-refractivity contribution >= 4 is 5.78 Å². The number of methoxy groups -OCH3 is 1. The van der Waals surface area contributed by atoms with Crippen LogP contribution in [-0.4, -0.2) is 18.0 Å². The standard InChI is InChI=1S/C15H22O3/c1-10(14(17)15(2,3)4)13(16)11-6-8-12(18-5)9-7-11/h6-10,13,16H,1-5H3/t10-,13-/m1/s1. The fourth-order valence-corrected chi connectivity index (χ4v) is 1.92. The monoisotopic (exact) mass is 250 g/mol. The average molecular weight is 250 g/mol. The summed E-state index contributed by atoms with van der Waals surface area (Å²) >= 11 is 0. The highest BCUT2D eigenvalue weighted by molar-refractivity contribution is 5.86. The summed E-state index contributed by atoms with van der Waals surface area (Å²) in [6.45, 7) is 7.37. The molecule has 0 heterocycles. The lowest BCUT2D eigenvalue weighted by atomic mass is 9.80. The van der Waals surface area contributed by atoms with E-state index in [1.165, 1.54) is 0 Å². The van der Waals surface area contributed by atoms with E-state index in [2.05, 4.69) is 0 Å². The van der Waals surface area contributed by atoms with Gasteiger partial charge >= 0.3 is 0 Å². The molecule has 0 aromatic heterocycles. The first-order chi connectivity index (χ1) is 8.27. The lowest BCUT2D eigenvalue weighted by Gasteiger charge is -2.25. The summed E-state index contributed by atoms with van der Waals surface area (Å²) in [5.74, 6) is 0.380. The van der Waals surface area contributed by atoms with Gasteiger partial charge in [0, 0.05) is 11.3 Å². The number of aliphatic hydroxyl groups is 1. The van der Waals surface area contributed by atoms with E-state index < -0.39 is 17.4 Å². The van der Waals surface area contributed by atoms with E-state index >= 15 is 0 Å². The van der Waals surface area contributed by atoms with Crippen LogP contribution in [0.1, 0.15) is 39.4 Å². The molecule has 100 valence electrons. The minimum atomic E-state index is -0.775. The molecule has 0 aliphatic rings. The van der Waals surface area contributed by atoms with E-state index in [1.807, 2.05) is 20.8 Å². The number of carbonyl (C=O) groups excluding carboxylic acids is 1. The average Bonchev–Trinajstić information content (AvgIpc) is 2.35. The van der Waals surface area contributed by atoms with Gasteiger partial charge in [-0.1, -0.05) is 39.8 Å². The molecule has 0 radical (unpaired) electrons. The molecule has 0 unspecified atom stereocenters. The predicted molar refractivity (Wildman–Crippen MR) is 71.6 cm³/mol. The number of carbonyl (C=O) groups is 1. The van der Waals surface area contributed by atoms with Gasteiger partial charge in [0.05, 0.1) is 13.2 Å². The second kappa shape index (κ2) is 5.53. The normalized spacial score (nSPS) is 15.0. The van der Waals surface area contributed by atoms with Gasteiger partial charge in [-0.15, -0.1) is 0 Å². The van der Waals surface area contributed by atoms with Crippen molar-refractivity contribution in [3.8, 4) is 5.75 Å². The molecule has 3 nitrogen and oxygen atoms in total. The second-order valence-corrected chi connectivity index (χ2v) is 5.62. The molecule has 1 aromatic rings. The summed E-state index contributed by atoms with van der Waals surface area (Å²) in [4.78, 5) is 12.1. The first kappa shape index (κ1) is 14.7. The molecule has 0 spiro atoms. The SMILES string of the molecule is COc1ccc([C@H](O)[C@@H](C)C(=O)C(C)(C)C)cc1. The van der Waals surface area contributed by atoms with Crippen LogP contribution in [0.4, 0.5) is 0 Å². The van der Waals surface area contributed by atoms with Gasteiger partial charge in [0.25, 0.3) is 0 Å². The Kier molecular flexibility index (Phi) is 4.52. The summed E-state index contributed by atoms with van der Waals surface area (Å²) in [6.07, 6.45) is -0.775. The van der Waals surface area contributed by atoms with E-state index in [0.717, 1.165) is 11.3 Å². The summed E-state index contributed by atoms with van der Waals surface area (Å²) in [5.41, 5.74) is 0.299. The minimum Gasteiger partial charge on any atom is -0.497 e. The smallest absolute Gasteiger partial charge is 0.143 e. The van der Waals surface area contributed by atoms with Crippen LogP contribution >= 0.6 is 0 Å². The van der Waals surface area contributed by atoms with Crippen molar-refractivity contribution in [3.05, 3.63) is 29.8 Å². The minimum absolute atomic E-state index is 0.0609. The van der Waals surface area contributed by atoms with Gasteiger partial charge in [-0.05, 0) is 17.7 Å². The van der Waals surface area contributed by atoms with E-state index in [-0.39, 0.29) is 5.78 Å². The highest BCUT2D eigenvalue weighted by Gasteiger charge is 2.31. The predicted octanol–water partition coefficient (Wildman–Crippen LogP) is 2.98. The summed E-state index contributed by atoms with van der Waals surface area (Å²) in [5, 5.41) is 10.2. The largest absolute Gasteiger partial charge is 0.497 e. The molecule has 1 aromatic carbocycles. The highest BCUT2D eigenvalue weighted by atomic mass is 16.5. The van der Waals surface area contributed by atoms with Crippen molar-refractivity contribution in [2.24, 2.45) is 11.3 Å². The van der Waals surface area contributed by atoms with Crippen LogP contribution in [0.15, 0.2) is 24.3 Å². The summed E-state index contributed by atoms with van der Waals surface area (Å²) < 4.78 is 5.06. The van der Waals surface area contributed by atoms with Crippen LogP contribution in [0.25, 0.3) is 0 Å². The molecule has 0 aliphatic heterocycles. The number of ether oxygens (including phenoxy) is 1. The summed E-state index contributed by atoms with van der Waals surface area (Å²) in [7, 11) is 1.59. The number of hydrogen-bond donors (Lipinski definition) is 1. The van der Waals surface area contributed by atoms with Crippen molar-refractivity contribution in [3.63, 3.8) is 0 Å². The van der Waals surface area contributed by atoms with E-state index in [4.69, 9.17) is 4.74 Å². The Bertz CT molecular complexity index is 401. The van der Waals surface area contributed by atoms with Crippen LogP contribution in [0.3, 0.4) is 0 Å². The number of ketones is 1. The number of benzene rings is 1. The highest BCUT2D eigenvalue weighted by Crippen LogP contribution is 2.30. The lowest BCUT2D eigenvalue weighted by Crippen LogP contribution is -2.30. The molecule has 1 N–H and O–H groups in total. The first-order valence-corrected chi connectivity index (χ1v) is 6.13. The Balaban J connectivity index is 2.86. The molecule has 0 saturated carbocycles. The van der Waals surface area contributed by atoms with Crippen LogP contribution in [0, 0.1) is 11.3 Å². The number of hydrogen-bond acceptors (Lipinski definition) is 3. The number of Topliss-reactive ketones (excluding diaryl/α,β-unsaturated/α-hetero) is 1. The molecular weight excluding hydrogens is 228 g/mol. The molecule has 1 rings (SSSR count). The maximum Gasteiger partial charge on any atom is 0.143 e. The molecule has 0 bridgehead atoms. The van der Waals surface area contributed by atoms with E-state index in [0.29, 0.717) is 0 Å². The molecule has 18 heavy (non-hydrogen) atoms. The van der Waals surface area contributed by atoms with Crippen LogP contribution in [0.2, 0.25) is 0 Å². The van der Waals surface area contributed by atoms with Gasteiger partial charge in [-0.3, -0.25) is 4.79 Å². The molecular formula is C15H22O3. The van der Waals surface area contributed by atoms with Crippen LogP contribution in [-0.2, 0) is 4.79 Å². The quantitative estimate of drug-likeness (QED) is 0.893. The molecule has 0 saturated heterocycles.